The van der Waals surface area contributed by atoms with Gasteiger partial charge in [-0.1, -0.05) is 31.4 Å². The predicted molar refractivity (Wildman–Crippen MR) is 100 cm³/mol. The summed E-state index contributed by atoms with van der Waals surface area (Å²) in [6.07, 6.45) is 7.26. The van der Waals surface area contributed by atoms with Gasteiger partial charge in [-0.05, 0) is 44.4 Å². The molecular formula is C20H26N4O. The summed E-state index contributed by atoms with van der Waals surface area (Å²) in [6, 6.07) is 10.3. The molecule has 1 aromatic carbocycles. The molecule has 1 amide bonds. The van der Waals surface area contributed by atoms with E-state index >= 15 is 0 Å². The maximum atomic E-state index is 12.5. The average Bonchev–Trinajstić information content (AvgIpc) is 2.63. The Morgan fingerprint density at radius 3 is 2.72 bits per heavy atom. The van der Waals surface area contributed by atoms with Crippen LogP contribution in [0.3, 0.4) is 0 Å². The zero-order valence-electron chi connectivity index (χ0n) is 15.0. The van der Waals surface area contributed by atoms with Crippen LogP contribution < -0.4 is 10.2 Å². The van der Waals surface area contributed by atoms with E-state index in [2.05, 4.69) is 52.2 Å². The molecule has 1 aromatic heterocycles. The summed E-state index contributed by atoms with van der Waals surface area (Å²) in [4.78, 5) is 23.2. The van der Waals surface area contributed by atoms with Crippen LogP contribution in [0.25, 0.3) is 0 Å². The van der Waals surface area contributed by atoms with Gasteiger partial charge < -0.3 is 10.2 Å². The molecule has 0 spiro atoms. The van der Waals surface area contributed by atoms with Crippen LogP contribution in [0.5, 0.6) is 0 Å². The van der Waals surface area contributed by atoms with Crippen LogP contribution in [0.15, 0.2) is 36.7 Å². The first-order valence-electron chi connectivity index (χ1n) is 9.14. The van der Waals surface area contributed by atoms with Crippen LogP contribution in [0, 0.1) is 6.92 Å². The second-order valence-corrected chi connectivity index (χ2v) is 6.65. The van der Waals surface area contributed by atoms with Gasteiger partial charge in [0.2, 0.25) is 0 Å². The first kappa shape index (κ1) is 17.4. The van der Waals surface area contributed by atoms with Gasteiger partial charge in [0.1, 0.15) is 17.8 Å². The Morgan fingerprint density at radius 1 is 1.20 bits per heavy atom. The van der Waals surface area contributed by atoms with Crippen LogP contribution in [0.1, 0.15) is 55.1 Å². The van der Waals surface area contributed by atoms with Gasteiger partial charge in [-0.3, -0.25) is 4.79 Å². The smallest absolute Gasteiger partial charge is 0.270 e. The van der Waals surface area contributed by atoms with E-state index in [4.69, 9.17) is 0 Å². The van der Waals surface area contributed by atoms with Gasteiger partial charge in [-0.25, -0.2) is 9.97 Å². The van der Waals surface area contributed by atoms with Crippen molar-refractivity contribution in [2.24, 2.45) is 0 Å². The van der Waals surface area contributed by atoms with Gasteiger partial charge in [0.15, 0.2) is 0 Å². The Morgan fingerprint density at radius 2 is 2.00 bits per heavy atom. The van der Waals surface area contributed by atoms with Crippen LogP contribution in [0.2, 0.25) is 0 Å². The van der Waals surface area contributed by atoms with E-state index in [1.54, 1.807) is 6.07 Å². The third-order valence-corrected chi connectivity index (χ3v) is 4.73. The molecule has 1 aliphatic carbocycles. The number of hydrogen-bond donors (Lipinski definition) is 1. The third kappa shape index (κ3) is 4.35. The molecule has 25 heavy (non-hydrogen) atoms. The molecule has 3 rings (SSSR count). The lowest BCUT2D eigenvalue weighted by Gasteiger charge is -2.24. The van der Waals surface area contributed by atoms with Gasteiger partial charge in [0.25, 0.3) is 5.91 Å². The van der Waals surface area contributed by atoms with E-state index < -0.39 is 0 Å². The molecule has 1 fully saturated rings. The summed E-state index contributed by atoms with van der Waals surface area (Å²) in [6.45, 7) is 4.91. The normalized spacial score (nSPS) is 15.0. The molecule has 1 saturated carbocycles. The zero-order valence-corrected chi connectivity index (χ0v) is 15.0. The molecule has 0 bridgehead atoms. The van der Waals surface area contributed by atoms with Crippen molar-refractivity contribution in [2.75, 3.05) is 11.4 Å². The largest absolute Gasteiger partial charge is 0.348 e. The number of amides is 1. The maximum absolute atomic E-state index is 12.5. The van der Waals surface area contributed by atoms with Crippen LogP contribution in [-0.4, -0.2) is 28.5 Å². The predicted octanol–water partition coefficient (Wildman–Crippen LogP) is 4.01. The summed E-state index contributed by atoms with van der Waals surface area (Å²) in [5.41, 5.74) is 2.70. The van der Waals surface area contributed by atoms with Crippen molar-refractivity contribution in [1.82, 2.24) is 15.3 Å². The minimum atomic E-state index is -0.101. The topological polar surface area (TPSA) is 58.1 Å². The fourth-order valence-corrected chi connectivity index (χ4v) is 3.40. The van der Waals surface area contributed by atoms with Gasteiger partial charge in [-0.2, -0.15) is 0 Å². The number of aryl methyl sites for hydroxylation is 1. The summed E-state index contributed by atoms with van der Waals surface area (Å²) >= 11 is 0. The molecule has 0 unspecified atom stereocenters. The van der Waals surface area contributed by atoms with Crippen LogP contribution >= 0.6 is 0 Å². The van der Waals surface area contributed by atoms with E-state index in [9.17, 15) is 4.79 Å². The monoisotopic (exact) mass is 338 g/mol. The van der Waals surface area contributed by atoms with Crippen LogP contribution in [-0.2, 0) is 0 Å². The lowest BCUT2D eigenvalue weighted by molar-refractivity contribution is 0.0922. The van der Waals surface area contributed by atoms with E-state index in [1.165, 1.54) is 31.2 Å². The number of hydrogen-bond acceptors (Lipinski definition) is 4. The molecule has 0 atom stereocenters. The first-order chi connectivity index (χ1) is 12.2. The highest BCUT2D eigenvalue weighted by Crippen LogP contribution is 2.24. The van der Waals surface area contributed by atoms with Crippen LogP contribution in [0.4, 0.5) is 11.5 Å². The fourth-order valence-electron chi connectivity index (χ4n) is 3.40. The van der Waals surface area contributed by atoms with Crippen molar-refractivity contribution < 1.29 is 4.79 Å². The number of carbonyl (C=O) groups is 1. The molecule has 5 heteroatoms. The second-order valence-electron chi connectivity index (χ2n) is 6.65. The lowest BCUT2D eigenvalue weighted by atomic mass is 9.95. The molecule has 0 saturated heterocycles. The summed E-state index contributed by atoms with van der Waals surface area (Å²) < 4.78 is 0. The number of nitrogens with one attached hydrogen (secondary N) is 1. The summed E-state index contributed by atoms with van der Waals surface area (Å²) in [7, 11) is 0. The Bertz CT molecular complexity index is 725. The van der Waals surface area contributed by atoms with Crippen molar-refractivity contribution in [1.29, 1.82) is 0 Å². The Labute approximate surface area is 149 Å². The number of anilines is 2. The Kier molecular flexibility index (Phi) is 5.64. The molecule has 1 N–H and O–H groups in total. The minimum Gasteiger partial charge on any atom is -0.348 e. The van der Waals surface area contributed by atoms with Crippen molar-refractivity contribution in [2.45, 2.75) is 52.0 Å². The number of carbonyl (C=O) groups excluding carboxylic acids is 1. The molecule has 2 aromatic rings. The lowest BCUT2D eigenvalue weighted by Crippen LogP contribution is -2.36. The molecule has 1 heterocycles. The highest BCUT2D eigenvalue weighted by Gasteiger charge is 2.19. The molecule has 1 aliphatic rings. The summed E-state index contributed by atoms with van der Waals surface area (Å²) in [5.74, 6) is 0.646. The number of aromatic nitrogens is 2. The van der Waals surface area contributed by atoms with E-state index in [-0.39, 0.29) is 11.9 Å². The summed E-state index contributed by atoms with van der Waals surface area (Å²) in [5, 5.41) is 3.12. The van der Waals surface area contributed by atoms with Gasteiger partial charge in [0, 0.05) is 24.3 Å². The minimum absolute atomic E-state index is 0.101. The average molecular weight is 338 g/mol. The van der Waals surface area contributed by atoms with Gasteiger partial charge in [-0.15, -0.1) is 0 Å². The fraction of sp³-hybridized carbons (Fsp3) is 0.450. The Hall–Kier alpha value is -2.43. The van der Waals surface area contributed by atoms with Crippen molar-refractivity contribution >= 4 is 17.4 Å². The standard InChI is InChI=1S/C20H26N4O/c1-3-24(17-11-7-8-15(2)12-17)19-13-18(21-14-22-19)20(25)23-16-9-5-4-6-10-16/h7-8,11-14,16H,3-6,9-10H2,1-2H3,(H,23,25). The van der Waals surface area contributed by atoms with E-state index in [0.29, 0.717) is 5.69 Å². The first-order valence-corrected chi connectivity index (χ1v) is 9.14. The highest BCUT2D eigenvalue weighted by molar-refractivity contribution is 5.93. The number of benzene rings is 1. The highest BCUT2D eigenvalue weighted by atomic mass is 16.1. The maximum Gasteiger partial charge on any atom is 0.270 e. The molecule has 0 radical (unpaired) electrons. The number of rotatable bonds is 5. The molecular weight excluding hydrogens is 312 g/mol. The van der Waals surface area contributed by atoms with Gasteiger partial charge >= 0.3 is 0 Å². The zero-order chi connectivity index (χ0) is 17.6. The van der Waals surface area contributed by atoms with Gasteiger partial charge in [0.05, 0.1) is 0 Å². The second kappa shape index (κ2) is 8.10. The van der Waals surface area contributed by atoms with Crippen molar-refractivity contribution in [3.05, 3.63) is 47.9 Å². The SMILES string of the molecule is CCN(c1cccc(C)c1)c1cc(C(=O)NC2CCCCC2)ncn1. The van der Waals surface area contributed by atoms with Crippen molar-refractivity contribution in [3.63, 3.8) is 0 Å². The molecule has 5 nitrogen and oxygen atoms in total. The molecule has 132 valence electrons. The number of nitrogens with zero attached hydrogens (tertiary/aromatic N) is 3. The molecule has 0 aliphatic heterocycles. The van der Waals surface area contributed by atoms with E-state index in [1.807, 2.05) is 6.07 Å². The van der Waals surface area contributed by atoms with E-state index in [0.717, 1.165) is 30.9 Å². The van der Waals surface area contributed by atoms with Crippen molar-refractivity contribution in [3.8, 4) is 0 Å². The quantitative estimate of drug-likeness (QED) is 0.895. The third-order valence-electron chi connectivity index (χ3n) is 4.73. The Balaban J connectivity index is 1.78.